The maximum atomic E-state index is 12.5. The van der Waals surface area contributed by atoms with Crippen molar-refractivity contribution in [3.05, 3.63) is 54.0 Å². The van der Waals surface area contributed by atoms with Crippen molar-refractivity contribution in [2.24, 2.45) is 0 Å². The highest BCUT2D eigenvalue weighted by Crippen LogP contribution is 2.22. The number of anilines is 1. The lowest BCUT2D eigenvalue weighted by Crippen LogP contribution is -2.43. The molecule has 1 aromatic carbocycles. The first-order valence-electron chi connectivity index (χ1n) is 7.38. The average molecular weight is 298 g/mol. The van der Waals surface area contributed by atoms with Crippen LogP contribution in [0.1, 0.15) is 29.0 Å². The van der Waals surface area contributed by atoms with E-state index in [0.717, 1.165) is 17.7 Å². The molecule has 22 heavy (non-hydrogen) atoms. The van der Waals surface area contributed by atoms with Gasteiger partial charge in [-0.15, -0.1) is 0 Å². The third-order valence-corrected chi connectivity index (χ3v) is 3.95. The molecule has 0 saturated carbocycles. The minimum atomic E-state index is -0.447. The number of carbonyl (C=O) groups is 2. The van der Waals surface area contributed by atoms with Crippen LogP contribution in [-0.2, 0) is 4.79 Å². The van der Waals surface area contributed by atoms with Gasteiger partial charge in [-0.05, 0) is 43.5 Å². The molecule has 5 heteroatoms. The lowest BCUT2D eigenvalue weighted by atomic mass is 10.1. The van der Waals surface area contributed by atoms with Crippen molar-refractivity contribution < 1.29 is 14.0 Å². The summed E-state index contributed by atoms with van der Waals surface area (Å²) in [5.74, 6) is -0.102. The summed E-state index contributed by atoms with van der Waals surface area (Å²) in [6.07, 6.45) is 2.95. The number of aryl methyl sites for hydroxylation is 1. The topological polar surface area (TPSA) is 62.6 Å². The van der Waals surface area contributed by atoms with Gasteiger partial charge in [0.05, 0.1) is 6.26 Å². The summed E-state index contributed by atoms with van der Waals surface area (Å²) < 4.78 is 5.15. The van der Waals surface area contributed by atoms with Gasteiger partial charge in [0, 0.05) is 12.2 Å². The van der Waals surface area contributed by atoms with Crippen LogP contribution in [0.25, 0.3) is 0 Å². The summed E-state index contributed by atoms with van der Waals surface area (Å²) in [6, 6.07) is 10.5. The Balaban J connectivity index is 1.74. The van der Waals surface area contributed by atoms with Gasteiger partial charge < -0.3 is 14.6 Å². The van der Waals surface area contributed by atoms with E-state index >= 15 is 0 Å². The molecule has 0 aliphatic carbocycles. The molecule has 1 fully saturated rings. The van der Waals surface area contributed by atoms with Crippen LogP contribution in [-0.4, -0.2) is 29.3 Å². The molecule has 114 valence electrons. The Morgan fingerprint density at radius 2 is 2.05 bits per heavy atom. The number of furan rings is 1. The summed E-state index contributed by atoms with van der Waals surface area (Å²) in [4.78, 5) is 26.5. The van der Waals surface area contributed by atoms with Crippen LogP contribution in [0.3, 0.4) is 0 Å². The lowest BCUT2D eigenvalue weighted by molar-refractivity contribution is -0.119. The maximum Gasteiger partial charge on any atom is 0.290 e. The van der Waals surface area contributed by atoms with E-state index in [1.54, 1.807) is 17.0 Å². The quantitative estimate of drug-likeness (QED) is 0.947. The zero-order valence-corrected chi connectivity index (χ0v) is 12.4. The van der Waals surface area contributed by atoms with Gasteiger partial charge in [-0.1, -0.05) is 18.2 Å². The highest BCUT2D eigenvalue weighted by molar-refractivity contribution is 6.00. The fourth-order valence-corrected chi connectivity index (χ4v) is 2.75. The Hall–Kier alpha value is -2.56. The SMILES string of the molecule is Cc1ccccc1NC(=O)C1CCCN1C(=O)c1ccco1. The van der Waals surface area contributed by atoms with Crippen molar-refractivity contribution in [2.45, 2.75) is 25.8 Å². The van der Waals surface area contributed by atoms with Crippen molar-refractivity contribution in [3.8, 4) is 0 Å². The zero-order chi connectivity index (χ0) is 15.5. The first kappa shape index (κ1) is 14.4. The van der Waals surface area contributed by atoms with Gasteiger partial charge in [0.2, 0.25) is 5.91 Å². The summed E-state index contributed by atoms with van der Waals surface area (Å²) >= 11 is 0. The Bertz CT molecular complexity index is 679. The predicted octanol–water partition coefficient (Wildman–Crippen LogP) is 2.83. The van der Waals surface area contributed by atoms with Gasteiger partial charge in [0.1, 0.15) is 6.04 Å². The molecule has 2 heterocycles. The van der Waals surface area contributed by atoms with Crippen LogP contribution in [0.15, 0.2) is 47.1 Å². The van der Waals surface area contributed by atoms with Crippen molar-refractivity contribution in [1.82, 2.24) is 4.90 Å². The van der Waals surface area contributed by atoms with Crippen LogP contribution in [0.4, 0.5) is 5.69 Å². The van der Waals surface area contributed by atoms with Crippen LogP contribution < -0.4 is 5.32 Å². The fraction of sp³-hybridized carbons (Fsp3) is 0.294. The molecule has 5 nitrogen and oxygen atoms in total. The van der Waals surface area contributed by atoms with Crippen LogP contribution >= 0.6 is 0 Å². The van der Waals surface area contributed by atoms with E-state index in [0.29, 0.717) is 13.0 Å². The molecular weight excluding hydrogens is 280 g/mol. The molecule has 1 N–H and O–H groups in total. The van der Waals surface area contributed by atoms with Crippen molar-refractivity contribution >= 4 is 17.5 Å². The molecule has 1 unspecified atom stereocenters. The van der Waals surface area contributed by atoms with E-state index in [-0.39, 0.29) is 17.6 Å². The van der Waals surface area contributed by atoms with E-state index in [2.05, 4.69) is 5.32 Å². The number of hydrogen-bond donors (Lipinski definition) is 1. The summed E-state index contributed by atoms with van der Waals surface area (Å²) in [7, 11) is 0. The second kappa shape index (κ2) is 6.05. The Labute approximate surface area is 128 Å². The predicted molar refractivity (Wildman–Crippen MR) is 82.6 cm³/mol. The standard InChI is InChI=1S/C17H18N2O3/c1-12-6-2-3-7-13(12)18-16(20)14-8-4-10-19(14)17(21)15-9-5-11-22-15/h2-3,5-7,9,11,14H,4,8,10H2,1H3,(H,18,20). The Morgan fingerprint density at radius 3 is 2.77 bits per heavy atom. The van der Waals surface area contributed by atoms with Gasteiger partial charge in [0.25, 0.3) is 5.91 Å². The van der Waals surface area contributed by atoms with E-state index in [1.807, 2.05) is 31.2 Å². The normalized spacial score (nSPS) is 17.5. The monoisotopic (exact) mass is 298 g/mol. The minimum absolute atomic E-state index is 0.147. The number of rotatable bonds is 3. The summed E-state index contributed by atoms with van der Waals surface area (Å²) in [5.41, 5.74) is 1.78. The number of amides is 2. The van der Waals surface area contributed by atoms with E-state index in [4.69, 9.17) is 4.42 Å². The van der Waals surface area contributed by atoms with Gasteiger partial charge in [0.15, 0.2) is 5.76 Å². The van der Waals surface area contributed by atoms with Crippen LogP contribution in [0, 0.1) is 6.92 Å². The second-order valence-electron chi connectivity index (χ2n) is 5.44. The lowest BCUT2D eigenvalue weighted by Gasteiger charge is -2.23. The van der Waals surface area contributed by atoms with Crippen molar-refractivity contribution in [2.75, 3.05) is 11.9 Å². The van der Waals surface area contributed by atoms with Gasteiger partial charge >= 0.3 is 0 Å². The number of nitrogens with one attached hydrogen (secondary N) is 1. The Morgan fingerprint density at radius 1 is 1.23 bits per heavy atom. The van der Waals surface area contributed by atoms with Crippen molar-refractivity contribution in [1.29, 1.82) is 0 Å². The van der Waals surface area contributed by atoms with Gasteiger partial charge in [-0.3, -0.25) is 9.59 Å². The smallest absolute Gasteiger partial charge is 0.290 e. The van der Waals surface area contributed by atoms with Gasteiger partial charge in [-0.25, -0.2) is 0 Å². The molecule has 3 rings (SSSR count). The largest absolute Gasteiger partial charge is 0.459 e. The number of benzene rings is 1. The molecule has 0 radical (unpaired) electrons. The summed E-state index contributed by atoms with van der Waals surface area (Å²) in [5, 5.41) is 2.92. The Kier molecular flexibility index (Phi) is 3.96. The maximum absolute atomic E-state index is 12.5. The molecule has 1 aromatic heterocycles. The molecule has 1 atom stereocenters. The molecule has 1 aliphatic rings. The molecule has 1 saturated heterocycles. The number of nitrogens with zero attached hydrogens (tertiary/aromatic N) is 1. The molecular formula is C17H18N2O3. The van der Waals surface area contributed by atoms with Crippen molar-refractivity contribution in [3.63, 3.8) is 0 Å². The summed E-state index contributed by atoms with van der Waals surface area (Å²) in [6.45, 7) is 2.52. The highest BCUT2D eigenvalue weighted by Gasteiger charge is 2.35. The van der Waals surface area contributed by atoms with Crippen LogP contribution in [0.2, 0.25) is 0 Å². The first-order valence-corrected chi connectivity index (χ1v) is 7.38. The molecule has 2 aromatic rings. The van der Waals surface area contributed by atoms with E-state index < -0.39 is 6.04 Å². The molecule has 1 aliphatic heterocycles. The average Bonchev–Trinajstić information content (AvgIpc) is 3.20. The van der Waals surface area contributed by atoms with Gasteiger partial charge in [-0.2, -0.15) is 0 Å². The highest BCUT2D eigenvalue weighted by atomic mass is 16.3. The number of likely N-dealkylation sites (tertiary alicyclic amines) is 1. The minimum Gasteiger partial charge on any atom is -0.459 e. The number of para-hydroxylation sites is 1. The molecule has 0 bridgehead atoms. The van der Waals surface area contributed by atoms with E-state index in [1.165, 1.54) is 6.26 Å². The molecule has 2 amide bonds. The fourth-order valence-electron chi connectivity index (χ4n) is 2.75. The third kappa shape index (κ3) is 2.74. The number of hydrogen-bond acceptors (Lipinski definition) is 3. The first-order chi connectivity index (χ1) is 10.7. The third-order valence-electron chi connectivity index (χ3n) is 3.95. The van der Waals surface area contributed by atoms with E-state index in [9.17, 15) is 9.59 Å². The zero-order valence-electron chi connectivity index (χ0n) is 12.4. The van der Waals surface area contributed by atoms with Crippen LogP contribution in [0.5, 0.6) is 0 Å². The number of carbonyl (C=O) groups excluding carboxylic acids is 2. The molecule has 0 spiro atoms. The second-order valence-corrected chi connectivity index (χ2v) is 5.44.